The molecule has 3 rings (SSSR count). The second-order valence-electron chi connectivity index (χ2n) is 5.55. The van der Waals surface area contributed by atoms with E-state index < -0.39 is 9.84 Å². The van der Waals surface area contributed by atoms with Crippen LogP contribution in [-0.2, 0) is 9.84 Å². The number of rotatable bonds is 6. The van der Waals surface area contributed by atoms with Gasteiger partial charge in [-0.15, -0.1) is 0 Å². The van der Waals surface area contributed by atoms with Gasteiger partial charge in [0.15, 0.2) is 5.78 Å². The molecule has 1 N–H and O–H groups in total. The molecule has 0 saturated heterocycles. The van der Waals surface area contributed by atoms with Crippen LogP contribution in [0.25, 0.3) is 0 Å². The zero-order chi connectivity index (χ0) is 18.4. The van der Waals surface area contributed by atoms with Crippen LogP contribution in [0, 0.1) is 0 Å². The molecule has 0 heterocycles. The van der Waals surface area contributed by atoms with Crippen LogP contribution in [0.15, 0.2) is 107 Å². The predicted octanol–water partition coefficient (Wildman–Crippen LogP) is 4.33. The molecule has 0 spiro atoms. The predicted molar refractivity (Wildman–Crippen MR) is 102 cm³/mol. The number of sulfone groups is 1. The maximum atomic E-state index is 12.5. The highest BCUT2D eigenvalue weighted by atomic mass is 32.2. The SMILES string of the molecule is O=C(/C=C\Nc1ccc(S(=O)(=O)c2ccccc2)cc1)c1ccccc1. The third-order valence-electron chi connectivity index (χ3n) is 3.76. The summed E-state index contributed by atoms with van der Waals surface area (Å²) in [6, 6.07) is 23.6. The van der Waals surface area contributed by atoms with E-state index in [9.17, 15) is 13.2 Å². The van der Waals surface area contributed by atoms with E-state index >= 15 is 0 Å². The first-order valence-electron chi connectivity index (χ1n) is 8.00. The Morgan fingerprint density at radius 3 is 1.88 bits per heavy atom. The molecule has 0 bridgehead atoms. The van der Waals surface area contributed by atoms with Crippen molar-refractivity contribution in [2.24, 2.45) is 0 Å². The number of hydrogen-bond acceptors (Lipinski definition) is 4. The first-order chi connectivity index (χ1) is 12.6. The first kappa shape index (κ1) is 17.6. The molecule has 0 radical (unpaired) electrons. The van der Waals surface area contributed by atoms with Crippen LogP contribution in [0.3, 0.4) is 0 Å². The molecule has 0 aliphatic heterocycles. The Morgan fingerprint density at radius 1 is 0.731 bits per heavy atom. The average molecular weight is 363 g/mol. The average Bonchev–Trinajstić information content (AvgIpc) is 2.69. The molecule has 4 nitrogen and oxygen atoms in total. The fourth-order valence-electron chi connectivity index (χ4n) is 2.38. The van der Waals surface area contributed by atoms with Crippen LogP contribution < -0.4 is 5.32 Å². The monoisotopic (exact) mass is 363 g/mol. The first-order valence-corrected chi connectivity index (χ1v) is 9.48. The molecule has 26 heavy (non-hydrogen) atoms. The third kappa shape index (κ3) is 4.07. The van der Waals surface area contributed by atoms with Gasteiger partial charge < -0.3 is 5.32 Å². The Bertz CT molecular complexity index is 1010. The number of nitrogens with one attached hydrogen (secondary N) is 1. The van der Waals surface area contributed by atoms with Crippen LogP contribution in [0.2, 0.25) is 0 Å². The summed E-state index contributed by atoms with van der Waals surface area (Å²) < 4.78 is 25.1. The largest absolute Gasteiger partial charge is 0.362 e. The van der Waals surface area contributed by atoms with Gasteiger partial charge in [-0.25, -0.2) is 8.42 Å². The zero-order valence-corrected chi connectivity index (χ0v) is 14.7. The Morgan fingerprint density at radius 2 is 1.27 bits per heavy atom. The van der Waals surface area contributed by atoms with Gasteiger partial charge in [-0.1, -0.05) is 48.5 Å². The summed E-state index contributed by atoms with van der Waals surface area (Å²) in [6.07, 6.45) is 2.97. The van der Waals surface area contributed by atoms with Crippen LogP contribution in [0.5, 0.6) is 0 Å². The van der Waals surface area contributed by atoms with Crippen molar-refractivity contribution in [1.29, 1.82) is 0 Å². The summed E-state index contributed by atoms with van der Waals surface area (Å²) in [6.45, 7) is 0. The molecule has 0 atom stereocenters. The van der Waals surface area contributed by atoms with Crippen LogP contribution >= 0.6 is 0 Å². The van der Waals surface area contributed by atoms with Crippen LogP contribution in [0.1, 0.15) is 10.4 Å². The highest BCUT2D eigenvalue weighted by Gasteiger charge is 2.16. The molecule has 3 aromatic carbocycles. The quantitative estimate of drug-likeness (QED) is 0.523. The van der Waals surface area contributed by atoms with Gasteiger partial charge in [-0.2, -0.15) is 0 Å². The Balaban J connectivity index is 1.69. The van der Waals surface area contributed by atoms with Crippen molar-refractivity contribution in [3.63, 3.8) is 0 Å². The van der Waals surface area contributed by atoms with Gasteiger partial charge in [0.2, 0.25) is 9.84 Å². The van der Waals surface area contributed by atoms with Crippen molar-refractivity contribution in [1.82, 2.24) is 0 Å². The van der Waals surface area contributed by atoms with Crippen molar-refractivity contribution in [2.75, 3.05) is 5.32 Å². The van der Waals surface area contributed by atoms with E-state index in [2.05, 4.69) is 5.32 Å². The molecule has 0 aliphatic rings. The minimum atomic E-state index is -3.53. The molecule has 0 amide bonds. The number of carbonyl (C=O) groups excluding carboxylic acids is 1. The molecular formula is C21H17NO3S. The highest BCUT2D eigenvalue weighted by molar-refractivity contribution is 7.91. The second kappa shape index (κ2) is 7.80. The lowest BCUT2D eigenvalue weighted by molar-refractivity contribution is 0.104. The second-order valence-corrected chi connectivity index (χ2v) is 7.50. The normalized spacial score (nSPS) is 11.4. The third-order valence-corrected chi connectivity index (χ3v) is 5.55. The maximum Gasteiger partial charge on any atom is 0.206 e. The standard InChI is InChI=1S/C21H17NO3S/c23-21(17-7-3-1-4-8-17)15-16-22-18-11-13-20(14-12-18)26(24,25)19-9-5-2-6-10-19/h1-16,22H/b16-15-. The molecule has 0 unspecified atom stereocenters. The van der Waals surface area contributed by atoms with Gasteiger partial charge in [0.25, 0.3) is 0 Å². The number of benzene rings is 3. The van der Waals surface area contributed by atoms with E-state index in [0.717, 1.165) is 0 Å². The fraction of sp³-hybridized carbons (Fsp3) is 0. The maximum absolute atomic E-state index is 12.5. The number of carbonyl (C=O) groups is 1. The van der Waals surface area contributed by atoms with Gasteiger partial charge in [0.1, 0.15) is 0 Å². The highest BCUT2D eigenvalue weighted by Crippen LogP contribution is 2.22. The van der Waals surface area contributed by atoms with Crippen molar-refractivity contribution in [2.45, 2.75) is 9.79 Å². The minimum Gasteiger partial charge on any atom is -0.362 e. The van der Waals surface area contributed by atoms with Gasteiger partial charge in [0, 0.05) is 23.5 Å². The van der Waals surface area contributed by atoms with Crippen LogP contribution in [0.4, 0.5) is 5.69 Å². The fourth-order valence-corrected chi connectivity index (χ4v) is 3.66. The van der Waals surface area contributed by atoms with Crippen LogP contribution in [-0.4, -0.2) is 14.2 Å². The lowest BCUT2D eigenvalue weighted by Gasteiger charge is -2.06. The van der Waals surface area contributed by atoms with E-state index in [-0.39, 0.29) is 15.6 Å². The molecule has 0 saturated carbocycles. The smallest absolute Gasteiger partial charge is 0.206 e. The van der Waals surface area contributed by atoms with Crippen molar-refractivity contribution in [3.05, 3.63) is 103 Å². The molecule has 130 valence electrons. The van der Waals surface area contributed by atoms with Crippen molar-refractivity contribution < 1.29 is 13.2 Å². The summed E-state index contributed by atoms with van der Waals surface area (Å²) in [5.74, 6) is -0.110. The Labute approximate surface area is 152 Å². The van der Waals surface area contributed by atoms with E-state index in [1.165, 1.54) is 24.4 Å². The topological polar surface area (TPSA) is 63.2 Å². The molecule has 0 aromatic heterocycles. The van der Waals surface area contributed by atoms with E-state index in [1.54, 1.807) is 66.7 Å². The van der Waals surface area contributed by atoms with E-state index in [0.29, 0.717) is 11.3 Å². The lowest BCUT2D eigenvalue weighted by atomic mass is 10.1. The summed E-state index contributed by atoms with van der Waals surface area (Å²) in [7, 11) is -3.53. The molecule has 0 aliphatic carbocycles. The summed E-state index contributed by atoms with van der Waals surface area (Å²) >= 11 is 0. The van der Waals surface area contributed by atoms with Gasteiger partial charge in [0.05, 0.1) is 9.79 Å². The molecule has 0 fully saturated rings. The zero-order valence-electron chi connectivity index (χ0n) is 13.9. The Hall–Kier alpha value is -3.18. The van der Waals surface area contributed by atoms with E-state index in [4.69, 9.17) is 0 Å². The molecule has 3 aromatic rings. The van der Waals surface area contributed by atoms with Crippen molar-refractivity contribution >= 4 is 21.3 Å². The summed E-state index contributed by atoms with van der Waals surface area (Å²) in [5.41, 5.74) is 1.30. The summed E-state index contributed by atoms with van der Waals surface area (Å²) in [4.78, 5) is 12.5. The number of allylic oxidation sites excluding steroid dienone is 1. The lowest BCUT2D eigenvalue weighted by Crippen LogP contribution is -2.01. The summed E-state index contributed by atoms with van der Waals surface area (Å²) in [5, 5.41) is 2.97. The number of ketones is 1. The number of hydrogen-bond donors (Lipinski definition) is 1. The van der Waals surface area contributed by atoms with Crippen molar-refractivity contribution in [3.8, 4) is 0 Å². The van der Waals surface area contributed by atoms with Gasteiger partial charge in [-0.3, -0.25) is 4.79 Å². The Kier molecular flexibility index (Phi) is 5.29. The van der Waals surface area contributed by atoms with Gasteiger partial charge in [-0.05, 0) is 36.4 Å². The minimum absolute atomic E-state index is 0.110. The van der Waals surface area contributed by atoms with E-state index in [1.807, 2.05) is 6.07 Å². The van der Waals surface area contributed by atoms with Gasteiger partial charge >= 0.3 is 0 Å². The molecular weight excluding hydrogens is 346 g/mol. The number of anilines is 1. The molecule has 5 heteroatoms.